The van der Waals surface area contributed by atoms with E-state index in [0.717, 1.165) is 26.5 Å². The van der Waals surface area contributed by atoms with E-state index >= 15 is 0 Å². The third-order valence-corrected chi connectivity index (χ3v) is 6.02. The van der Waals surface area contributed by atoms with Crippen LogP contribution in [-0.2, 0) is 12.4 Å². The first-order chi connectivity index (χ1) is 13.7. The van der Waals surface area contributed by atoms with E-state index in [9.17, 15) is 0 Å². The largest absolute Gasteiger partial charge is 0.486 e. The number of thiazole rings is 1. The van der Waals surface area contributed by atoms with E-state index in [1.54, 1.807) is 11.3 Å². The Hall–Kier alpha value is -2.16. The molecule has 0 saturated carbocycles. The average Bonchev–Trinajstić information content (AvgIpc) is 3.35. The fourth-order valence-electron chi connectivity index (χ4n) is 2.40. The molecule has 2 heterocycles. The van der Waals surface area contributed by atoms with Gasteiger partial charge < -0.3 is 9.15 Å². The average molecular weight is 474 g/mol. The predicted octanol–water partition coefficient (Wildman–Crippen LogP) is 6.14. The van der Waals surface area contributed by atoms with Crippen LogP contribution in [0.25, 0.3) is 11.5 Å². The molecule has 0 atom stereocenters. The van der Waals surface area contributed by atoms with Gasteiger partial charge in [0.15, 0.2) is 0 Å². The van der Waals surface area contributed by atoms with Gasteiger partial charge in [-0.25, -0.2) is 4.98 Å². The Labute approximate surface area is 179 Å². The molecule has 0 amide bonds. The number of halogens is 1. The lowest BCUT2D eigenvalue weighted by atomic mass is 10.2. The molecule has 4 rings (SSSR count). The van der Waals surface area contributed by atoms with E-state index in [0.29, 0.717) is 23.5 Å². The highest BCUT2D eigenvalue weighted by Crippen LogP contribution is 2.27. The summed E-state index contributed by atoms with van der Waals surface area (Å²) in [4.78, 5) is 4.61. The minimum Gasteiger partial charge on any atom is -0.486 e. The Bertz CT molecular complexity index is 1060. The quantitative estimate of drug-likeness (QED) is 0.300. The van der Waals surface area contributed by atoms with Crippen molar-refractivity contribution >= 4 is 39.0 Å². The molecule has 0 fully saturated rings. The van der Waals surface area contributed by atoms with E-state index < -0.39 is 0 Å². The molecule has 2 aromatic carbocycles. The van der Waals surface area contributed by atoms with E-state index in [1.165, 1.54) is 17.3 Å². The first-order valence-corrected chi connectivity index (χ1v) is 11.2. The first kappa shape index (κ1) is 19.2. The highest BCUT2D eigenvalue weighted by Gasteiger charge is 2.11. The van der Waals surface area contributed by atoms with Gasteiger partial charge in [-0.2, -0.15) is 0 Å². The van der Waals surface area contributed by atoms with E-state index in [2.05, 4.69) is 38.0 Å². The van der Waals surface area contributed by atoms with Crippen LogP contribution in [0.4, 0.5) is 0 Å². The van der Waals surface area contributed by atoms with Crippen LogP contribution in [0.1, 0.15) is 16.3 Å². The number of ether oxygens (including phenoxy) is 1. The maximum absolute atomic E-state index is 5.78. The fraction of sp³-hybridized carbons (Fsp3) is 0.150. The lowest BCUT2D eigenvalue weighted by Crippen LogP contribution is -1.95. The van der Waals surface area contributed by atoms with Crippen LogP contribution >= 0.6 is 39.0 Å². The summed E-state index contributed by atoms with van der Waals surface area (Å²) in [5.41, 5.74) is 3.07. The monoisotopic (exact) mass is 473 g/mol. The minimum atomic E-state index is 0.464. The van der Waals surface area contributed by atoms with Gasteiger partial charge in [-0.1, -0.05) is 51.5 Å². The Kier molecular flexibility index (Phi) is 6.09. The second kappa shape index (κ2) is 8.89. The van der Waals surface area contributed by atoms with Gasteiger partial charge in [0.2, 0.25) is 5.89 Å². The molecule has 2 aromatic heterocycles. The number of hydrogen-bond donors (Lipinski definition) is 0. The molecule has 0 saturated heterocycles. The van der Waals surface area contributed by atoms with Crippen molar-refractivity contribution in [2.24, 2.45) is 0 Å². The van der Waals surface area contributed by atoms with Crippen LogP contribution in [0, 0.1) is 6.92 Å². The number of aryl methyl sites for hydroxylation is 1. The Morgan fingerprint density at radius 1 is 1.14 bits per heavy atom. The summed E-state index contributed by atoms with van der Waals surface area (Å²) in [6.07, 6.45) is 0. The van der Waals surface area contributed by atoms with Crippen molar-refractivity contribution in [3.8, 4) is 17.2 Å². The molecule has 0 spiro atoms. The third-order valence-electron chi connectivity index (χ3n) is 3.80. The maximum atomic E-state index is 5.78. The van der Waals surface area contributed by atoms with Crippen LogP contribution in [0.2, 0.25) is 0 Å². The molecule has 0 N–H and O–H groups in total. The number of hydrogen-bond acceptors (Lipinski definition) is 7. The fourth-order valence-corrected chi connectivity index (χ4v) is 4.27. The van der Waals surface area contributed by atoms with E-state index in [4.69, 9.17) is 9.15 Å². The molecule has 0 unspecified atom stereocenters. The molecule has 0 radical (unpaired) electrons. The van der Waals surface area contributed by atoms with Crippen molar-refractivity contribution in [1.82, 2.24) is 15.2 Å². The van der Waals surface area contributed by atoms with Gasteiger partial charge in [0.05, 0.1) is 5.69 Å². The molecule has 4 aromatic rings. The number of aromatic nitrogens is 3. The summed E-state index contributed by atoms with van der Waals surface area (Å²) in [7, 11) is 0. The van der Waals surface area contributed by atoms with Gasteiger partial charge in [-0.05, 0) is 37.3 Å². The Balaban J connectivity index is 1.31. The summed E-state index contributed by atoms with van der Waals surface area (Å²) in [6, 6.07) is 15.8. The van der Waals surface area contributed by atoms with Crippen LogP contribution in [0.5, 0.6) is 5.75 Å². The standard InChI is InChI=1S/C20H16BrN3O2S2/c1-13-5-7-17(8-6-13)25-10-18-22-16(11-27-18)12-28-20-24-23-19(26-20)14-3-2-4-15(21)9-14/h2-9,11H,10,12H2,1H3. The summed E-state index contributed by atoms with van der Waals surface area (Å²) in [5, 5.41) is 11.7. The summed E-state index contributed by atoms with van der Waals surface area (Å²) in [6.45, 7) is 2.52. The van der Waals surface area contributed by atoms with Crippen LogP contribution in [0.3, 0.4) is 0 Å². The molecule has 0 aliphatic rings. The third kappa shape index (κ3) is 5.01. The summed E-state index contributed by atoms with van der Waals surface area (Å²) in [5.74, 6) is 2.03. The van der Waals surface area contributed by atoms with Gasteiger partial charge in [0.1, 0.15) is 17.4 Å². The Morgan fingerprint density at radius 3 is 2.82 bits per heavy atom. The van der Waals surface area contributed by atoms with Gasteiger partial charge in [0, 0.05) is 21.2 Å². The predicted molar refractivity (Wildman–Crippen MR) is 115 cm³/mol. The van der Waals surface area contributed by atoms with E-state index in [1.807, 2.05) is 53.9 Å². The minimum absolute atomic E-state index is 0.464. The molecule has 0 aliphatic carbocycles. The Morgan fingerprint density at radius 2 is 2.00 bits per heavy atom. The zero-order chi connectivity index (χ0) is 19.3. The van der Waals surface area contributed by atoms with Gasteiger partial charge in [0.25, 0.3) is 5.22 Å². The maximum Gasteiger partial charge on any atom is 0.277 e. The topological polar surface area (TPSA) is 61.0 Å². The van der Waals surface area contributed by atoms with Gasteiger partial charge in [-0.15, -0.1) is 21.5 Å². The lowest BCUT2D eigenvalue weighted by molar-refractivity contribution is 0.305. The van der Waals surface area contributed by atoms with Crippen LogP contribution in [-0.4, -0.2) is 15.2 Å². The van der Waals surface area contributed by atoms with Crippen molar-refractivity contribution in [2.45, 2.75) is 24.5 Å². The summed E-state index contributed by atoms with van der Waals surface area (Å²) < 4.78 is 12.5. The molecule has 0 bridgehead atoms. The van der Waals surface area contributed by atoms with Crippen molar-refractivity contribution < 1.29 is 9.15 Å². The normalized spacial score (nSPS) is 10.9. The molecule has 28 heavy (non-hydrogen) atoms. The molecular formula is C20H16BrN3O2S2. The molecule has 8 heteroatoms. The zero-order valence-electron chi connectivity index (χ0n) is 15.0. The van der Waals surface area contributed by atoms with Crippen LogP contribution < -0.4 is 4.74 Å². The molecular weight excluding hydrogens is 458 g/mol. The SMILES string of the molecule is Cc1ccc(OCc2nc(CSc3nnc(-c4cccc(Br)c4)o3)cs2)cc1. The van der Waals surface area contributed by atoms with Crippen molar-refractivity contribution in [2.75, 3.05) is 0 Å². The zero-order valence-corrected chi connectivity index (χ0v) is 18.2. The smallest absolute Gasteiger partial charge is 0.277 e. The molecule has 0 aliphatic heterocycles. The number of thioether (sulfide) groups is 1. The second-order valence-corrected chi connectivity index (χ2v) is 8.79. The van der Waals surface area contributed by atoms with Gasteiger partial charge in [-0.3, -0.25) is 0 Å². The summed E-state index contributed by atoms with van der Waals surface area (Å²) >= 11 is 6.51. The van der Waals surface area contributed by atoms with Crippen LogP contribution in [0.15, 0.2) is 68.0 Å². The second-order valence-electron chi connectivity index (χ2n) is 6.01. The van der Waals surface area contributed by atoms with Crippen molar-refractivity contribution in [3.05, 3.63) is 74.6 Å². The number of rotatable bonds is 7. The number of nitrogens with zero attached hydrogens (tertiary/aromatic N) is 3. The van der Waals surface area contributed by atoms with Crippen molar-refractivity contribution in [3.63, 3.8) is 0 Å². The lowest BCUT2D eigenvalue weighted by Gasteiger charge is -2.03. The molecule has 142 valence electrons. The van der Waals surface area contributed by atoms with E-state index in [-0.39, 0.29) is 0 Å². The molecule has 5 nitrogen and oxygen atoms in total. The highest BCUT2D eigenvalue weighted by atomic mass is 79.9. The highest BCUT2D eigenvalue weighted by molar-refractivity contribution is 9.10. The first-order valence-electron chi connectivity index (χ1n) is 8.51. The van der Waals surface area contributed by atoms with Gasteiger partial charge >= 0.3 is 0 Å². The number of benzene rings is 2. The van der Waals surface area contributed by atoms with Crippen molar-refractivity contribution in [1.29, 1.82) is 0 Å².